The fourth-order valence-corrected chi connectivity index (χ4v) is 3.28. The number of benzene rings is 1. The van der Waals surface area contributed by atoms with Crippen molar-refractivity contribution in [2.45, 2.75) is 44.6 Å². The summed E-state index contributed by atoms with van der Waals surface area (Å²) in [7, 11) is 0. The van der Waals surface area contributed by atoms with Crippen LogP contribution >= 0.6 is 11.8 Å². The zero-order chi connectivity index (χ0) is 19.9. The highest BCUT2D eigenvalue weighted by atomic mass is 32.2. The number of ketones is 1. The number of ether oxygens (including phenoxy) is 2. The van der Waals surface area contributed by atoms with Gasteiger partial charge in [-0.05, 0) is 25.0 Å². The first kappa shape index (κ1) is 21.4. The summed E-state index contributed by atoms with van der Waals surface area (Å²) in [4.78, 5) is 37.0. The minimum atomic E-state index is -0.560. The summed E-state index contributed by atoms with van der Waals surface area (Å²) in [5, 5.41) is 2.85. The van der Waals surface area contributed by atoms with Crippen molar-refractivity contribution in [1.29, 1.82) is 0 Å². The molecule has 148 valence electrons. The molecule has 1 aromatic rings. The van der Waals surface area contributed by atoms with E-state index < -0.39 is 11.4 Å². The lowest BCUT2D eigenvalue weighted by Gasteiger charge is -2.16. The van der Waals surface area contributed by atoms with Gasteiger partial charge in [0.2, 0.25) is 5.91 Å². The van der Waals surface area contributed by atoms with Gasteiger partial charge >= 0.3 is 5.97 Å². The van der Waals surface area contributed by atoms with Crippen LogP contribution in [-0.4, -0.2) is 49.3 Å². The first-order chi connectivity index (χ1) is 12.8. The van der Waals surface area contributed by atoms with Crippen molar-refractivity contribution in [2.24, 2.45) is 5.41 Å². The van der Waals surface area contributed by atoms with Crippen LogP contribution in [0.3, 0.4) is 0 Å². The largest absolute Gasteiger partial charge is 0.454 e. The number of esters is 1. The van der Waals surface area contributed by atoms with E-state index in [4.69, 9.17) is 9.47 Å². The Morgan fingerprint density at radius 3 is 2.67 bits per heavy atom. The molecule has 6 nitrogen and oxygen atoms in total. The fraction of sp³-hybridized carbons (Fsp3) is 0.550. The molecule has 1 atom stereocenters. The molecule has 1 saturated heterocycles. The lowest BCUT2D eigenvalue weighted by Crippen LogP contribution is -2.32. The Labute approximate surface area is 164 Å². The molecule has 0 radical (unpaired) electrons. The van der Waals surface area contributed by atoms with Gasteiger partial charge in [0.25, 0.3) is 0 Å². The SMILES string of the molecule is CC(C)(C)C(=O)COC(=O)c1ccccc1SCC(=O)NC[C@@H]1CCCO1. The number of carbonyl (C=O) groups is 3. The number of hydrogen-bond acceptors (Lipinski definition) is 6. The van der Waals surface area contributed by atoms with E-state index in [-0.39, 0.29) is 30.2 Å². The van der Waals surface area contributed by atoms with E-state index in [2.05, 4.69) is 5.32 Å². The van der Waals surface area contributed by atoms with Gasteiger partial charge in [-0.3, -0.25) is 9.59 Å². The molecule has 27 heavy (non-hydrogen) atoms. The van der Waals surface area contributed by atoms with Crippen molar-refractivity contribution in [3.63, 3.8) is 0 Å². The molecule has 0 aromatic heterocycles. The van der Waals surface area contributed by atoms with Crippen LogP contribution in [0.4, 0.5) is 0 Å². The second-order valence-electron chi connectivity index (χ2n) is 7.47. The monoisotopic (exact) mass is 393 g/mol. The van der Waals surface area contributed by atoms with Crippen molar-refractivity contribution in [2.75, 3.05) is 25.5 Å². The van der Waals surface area contributed by atoms with Crippen LogP contribution in [0, 0.1) is 5.41 Å². The highest BCUT2D eigenvalue weighted by Crippen LogP contribution is 2.24. The minimum Gasteiger partial charge on any atom is -0.454 e. The zero-order valence-electron chi connectivity index (χ0n) is 16.1. The second-order valence-corrected chi connectivity index (χ2v) is 8.49. The van der Waals surface area contributed by atoms with Gasteiger partial charge in [0.15, 0.2) is 12.4 Å². The lowest BCUT2D eigenvalue weighted by atomic mass is 9.91. The predicted octanol–water partition coefficient (Wildman–Crippen LogP) is 2.85. The standard InChI is InChI=1S/C20H27NO5S/c1-20(2,3)17(22)12-26-19(24)15-8-4-5-9-16(15)27-13-18(23)21-11-14-7-6-10-25-14/h4-5,8-9,14H,6-7,10-13H2,1-3H3,(H,21,23)/t14-/m0/s1. The van der Waals surface area contributed by atoms with Crippen molar-refractivity contribution in [3.05, 3.63) is 29.8 Å². The van der Waals surface area contributed by atoms with Gasteiger partial charge in [0.05, 0.1) is 17.4 Å². The van der Waals surface area contributed by atoms with E-state index in [1.165, 1.54) is 11.8 Å². The summed E-state index contributed by atoms with van der Waals surface area (Å²) in [6.45, 7) is 6.34. The number of nitrogens with one attached hydrogen (secondary N) is 1. The first-order valence-electron chi connectivity index (χ1n) is 9.08. The van der Waals surface area contributed by atoms with Crippen LogP contribution in [0.5, 0.6) is 0 Å². The Hall–Kier alpha value is -1.86. The molecule has 0 saturated carbocycles. The average molecular weight is 394 g/mol. The van der Waals surface area contributed by atoms with Gasteiger partial charge in [-0.1, -0.05) is 32.9 Å². The summed E-state index contributed by atoms with van der Waals surface area (Å²) in [5.41, 5.74) is -0.202. The second kappa shape index (κ2) is 9.90. The third kappa shape index (κ3) is 6.99. The third-order valence-electron chi connectivity index (χ3n) is 4.19. The Morgan fingerprint density at radius 1 is 1.26 bits per heavy atom. The molecule has 1 fully saturated rings. The molecule has 0 unspecified atom stereocenters. The maximum atomic E-state index is 12.3. The molecule has 0 bridgehead atoms. The van der Waals surface area contributed by atoms with E-state index in [0.29, 0.717) is 17.0 Å². The van der Waals surface area contributed by atoms with E-state index in [9.17, 15) is 14.4 Å². The molecule has 1 N–H and O–H groups in total. The van der Waals surface area contributed by atoms with Gasteiger partial charge in [-0.15, -0.1) is 11.8 Å². The van der Waals surface area contributed by atoms with E-state index in [1.54, 1.807) is 45.0 Å². The van der Waals surface area contributed by atoms with Crippen molar-refractivity contribution >= 4 is 29.4 Å². The molecule has 1 aliphatic heterocycles. The number of amides is 1. The van der Waals surface area contributed by atoms with Crippen LogP contribution in [0.15, 0.2) is 29.2 Å². The number of rotatable bonds is 8. The predicted molar refractivity (Wildman–Crippen MR) is 104 cm³/mol. The summed E-state index contributed by atoms with van der Waals surface area (Å²) in [6, 6.07) is 6.92. The molecule has 0 aliphatic carbocycles. The van der Waals surface area contributed by atoms with Gasteiger partial charge in [0, 0.05) is 23.5 Å². The highest BCUT2D eigenvalue weighted by Gasteiger charge is 2.23. The van der Waals surface area contributed by atoms with Crippen LogP contribution < -0.4 is 5.32 Å². The van der Waals surface area contributed by atoms with Crippen LogP contribution in [-0.2, 0) is 19.1 Å². The molecule has 1 aliphatic rings. The smallest absolute Gasteiger partial charge is 0.339 e. The Bertz CT molecular complexity index is 677. The number of hydrogen-bond donors (Lipinski definition) is 1. The van der Waals surface area contributed by atoms with Gasteiger partial charge in [0.1, 0.15) is 0 Å². The normalized spacial score (nSPS) is 16.8. The number of thioether (sulfide) groups is 1. The highest BCUT2D eigenvalue weighted by molar-refractivity contribution is 8.00. The van der Waals surface area contributed by atoms with Crippen molar-refractivity contribution in [3.8, 4) is 0 Å². The Balaban J connectivity index is 1.85. The first-order valence-corrected chi connectivity index (χ1v) is 10.1. The lowest BCUT2D eigenvalue weighted by molar-refractivity contribution is -0.129. The topological polar surface area (TPSA) is 81.7 Å². The van der Waals surface area contributed by atoms with Crippen molar-refractivity contribution < 1.29 is 23.9 Å². The van der Waals surface area contributed by atoms with Crippen LogP contribution in [0.2, 0.25) is 0 Å². The van der Waals surface area contributed by atoms with Crippen molar-refractivity contribution in [1.82, 2.24) is 5.32 Å². The molecule has 0 spiro atoms. The summed E-state index contributed by atoms with van der Waals surface area (Å²) < 4.78 is 10.6. The van der Waals surface area contributed by atoms with E-state index in [0.717, 1.165) is 19.4 Å². The minimum absolute atomic E-state index is 0.0987. The maximum absolute atomic E-state index is 12.3. The molecule has 7 heteroatoms. The number of carbonyl (C=O) groups excluding carboxylic acids is 3. The maximum Gasteiger partial charge on any atom is 0.339 e. The van der Waals surface area contributed by atoms with Gasteiger partial charge < -0.3 is 14.8 Å². The molecule has 1 aromatic carbocycles. The number of Topliss-reactive ketones (excluding diaryl/α,β-unsaturated/α-hetero) is 1. The quantitative estimate of drug-likeness (QED) is 0.540. The van der Waals surface area contributed by atoms with E-state index >= 15 is 0 Å². The molecule has 2 rings (SSSR count). The van der Waals surface area contributed by atoms with Crippen LogP contribution in [0.1, 0.15) is 44.0 Å². The molecule has 1 amide bonds. The summed E-state index contributed by atoms with van der Waals surface area (Å²) in [5.74, 6) is -0.621. The summed E-state index contributed by atoms with van der Waals surface area (Å²) >= 11 is 1.27. The average Bonchev–Trinajstić information content (AvgIpc) is 3.15. The van der Waals surface area contributed by atoms with Gasteiger partial charge in [-0.25, -0.2) is 4.79 Å². The summed E-state index contributed by atoms with van der Waals surface area (Å²) in [6.07, 6.45) is 2.10. The Morgan fingerprint density at radius 2 is 2.00 bits per heavy atom. The third-order valence-corrected chi connectivity index (χ3v) is 5.26. The fourth-order valence-electron chi connectivity index (χ4n) is 2.41. The molecule has 1 heterocycles. The molecular formula is C20H27NO5S. The van der Waals surface area contributed by atoms with Crippen LogP contribution in [0.25, 0.3) is 0 Å². The zero-order valence-corrected chi connectivity index (χ0v) is 16.9. The Kier molecular flexibility index (Phi) is 7.86. The molecular weight excluding hydrogens is 366 g/mol. The van der Waals surface area contributed by atoms with E-state index in [1.807, 2.05) is 0 Å². The van der Waals surface area contributed by atoms with Gasteiger partial charge in [-0.2, -0.15) is 0 Å².